The lowest BCUT2D eigenvalue weighted by atomic mass is 9.91. The van der Waals surface area contributed by atoms with Crippen molar-refractivity contribution in [3.8, 4) is 17.1 Å². The molecule has 0 spiro atoms. The molecule has 7 aromatic carbocycles. The molecule has 0 saturated carbocycles. The first-order valence-corrected chi connectivity index (χ1v) is 13.6. The molecule has 0 N–H and O–H groups in total. The zero-order valence-electron chi connectivity index (χ0n) is 21.8. The number of nitrogens with zero attached hydrogens (tertiary/aromatic N) is 4. The minimum Gasteiger partial charge on any atom is -0.292 e. The van der Waals surface area contributed by atoms with E-state index in [0.29, 0.717) is 5.69 Å². The summed E-state index contributed by atoms with van der Waals surface area (Å²) >= 11 is 0. The molecule has 0 aliphatic rings. The highest BCUT2D eigenvalue weighted by Gasteiger charge is 2.24. The standard InChI is InChI=1S/C37H20N4/c1-38-24-19-17-22(18-20-24)36-37(40-30-15-7-6-14-29(30)39-36)41-31-16-8-13-28-26-11-4-5-12-27(26)33-25-10-3-2-9-23(25)21-32(41)35(33)34(28)31/h2-21H. The molecule has 0 saturated heterocycles. The minimum atomic E-state index is 0.602. The summed E-state index contributed by atoms with van der Waals surface area (Å²) < 4.78 is 2.30. The van der Waals surface area contributed by atoms with Crippen molar-refractivity contribution in [2.45, 2.75) is 0 Å². The molecule has 0 fully saturated rings. The van der Waals surface area contributed by atoms with Gasteiger partial charge in [0, 0.05) is 21.7 Å². The summed E-state index contributed by atoms with van der Waals surface area (Å²) in [5.41, 5.74) is 6.21. The van der Waals surface area contributed by atoms with Crippen LogP contribution in [0, 0.1) is 6.57 Å². The van der Waals surface area contributed by atoms with Crippen molar-refractivity contribution in [2.24, 2.45) is 0 Å². The zero-order chi connectivity index (χ0) is 27.1. The predicted octanol–water partition coefficient (Wildman–Crippen LogP) is 9.84. The quantitative estimate of drug-likeness (QED) is 0.168. The third-order valence-electron chi connectivity index (χ3n) is 8.32. The van der Waals surface area contributed by atoms with Crippen LogP contribution >= 0.6 is 0 Å². The first kappa shape index (κ1) is 22.1. The second kappa shape index (κ2) is 8.11. The van der Waals surface area contributed by atoms with Crippen molar-refractivity contribution in [2.75, 3.05) is 0 Å². The third-order valence-corrected chi connectivity index (χ3v) is 8.32. The van der Waals surface area contributed by atoms with Gasteiger partial charge in [-0.25, -0.2) is 14.8 Å². The minimum absolute atomic E-state index is 0.602. The van der Waals surface area contributed by atoms with Gasteiger partial charge < -0.3 is 0 Å². The number of para-hydroxylation sites is 2. The lowest BCUT2D eigenvalue weighted by Crippen LogP contribution is -2.03. The van der Waals surface area contributed by atoms with Crippen LogP contribution in [0.5, 0.6) is 0 Å². The van der Waals surface area contributed by atoms with Crippen LogP contribution in [0.25, 0.3) is 87.1 Å². The summed E-state index contributed by atoms with van der Waals surface area (Å²) in [7, 11) is 0. The Kier molecular flexibility index (Phi) is 4.37. The monoisotopic (exact) mass is 520 g/mol. The van der Waals surface area contributed by atoms with Gasteiger partial charge in [-0.05, 0) is 51.2 Å². The van der Waals surface area contributed by atoms with Crippen molar-refractivity contribution in [3.05, 3.63) is 133 Å². The van der Waals surface area contributed by atoms with Crippen LogP contribution in [0.3, 0.4) is 0 Å². The fourth-order valence-electron chi connectivity index (χ4n) is 6.58. The fraction of sp³-hybridized carbons (Fsp3) is 0. The first-order valence-electron chi connectivity index (χ1n) is 13.6. The van der Waals surface area contributed by atoms with Crippen LogP contribution in [0.15, 0.2) is 121 Å². The normalized spacial score (nSPS) is 11.9. The topological polar surface area (TPSA) is 35.1 Å². The molecule has 188 valence electrons. The van der Waals surface area contributed by atoms with Crippen molar-refractivity contribution >= 4 is 70.8 Å². The summed E-state index contributed by atoms with van der Waals surface area (Å²) in [6, 6.07) is 42.0. The van der Waals surface area contributed by atoms with E-state index in [9.17, 15) is 0 Å². The van der Waals surface area contributed by atoms with Crippen molar-refractivity contribution < 1.29 is 0 Å². The molecule has 9 rings (SSSR count). The number of hydrogen-bond donors (Lipinski definition) is 0. The number of fused-ring (bicyclic) bond motifs is 6. The zero-order valence-corrected chi connectivity index (χ0v) is 21.8. The van der Waals surface area contributed by atoms with Crippen molar-refractivity contribution in [1.82, 2.24) is 14.5 Å². The van der Waals surface area contributed by atoms with Gasteiger partial charge in [0.25, 0.3) is 0 Å². The molecule has 2 heterocycles. The molecule has 2 aromatic heterocycles. The molecule has 41 heavy (non-hydrogen) atoms. The lowest BCUT2D eigenvalue weighted by molar-refractivity contribution is 1.08. The Morgan fingerprint density at radius 1 is 0.537 bits per heavy atom. The van der Waals surface area contributed by atoms with Gasteiger partial charge in [0.1, 0.15) is 5.69 Å². The molecule has 0 aliphatic heterocycles. The average Bonchev–Trinajstić information content (AvgIpc) is 3.37. The molecule has 4 heteroatoms. The summed E-state index contributed by atoms with van der Waals surface area (Å²) in [6.07, 6.45) is 0. The van der Waals surface area contributed by atoms with Gasteiger partial charge >= 0.3 is 0 Å². The summed E-state index contributed by atoms with van der Waals surface area (Å²) in [4.78, 5) is 14.1. The number of benzene rings is 7. The van der Waals surface area contributed by atoms with E-state index < -0.39 is 0 Å². The fourth-order valence-corrected chi connectivity index (χ4v) is 6.58. The highest BCUT2D eigenvalue weighted by molar-refractivity contribution is 6.39. The summed E-state index contributed by atoms with van der Waals surface area (Å²) in [6.45, 7) is 7.42. The Morgan fingerprint density at radius 2 is 1.20 bits per heavy atom. The van der Waals surface area contributed by atoms with Crippen LogP contribution in [-0.2, 0) is 0 Å². The van der Waals surface area contributed by atoms with Crippen LogP contribution in [0.1, 0.15) is 0 Å². The second-order valence-electron chi connectivity index (χ2n) is 10.5. The Morgan fingerprint density at radius 3 is 2.00 bits per heavy atom. The van der Waals surface area contributed by atoms with E-state index >= 15 is 0 Å². The molecule has 0 unspecified atom stereocenters. The Bertz CT molecular complexity index is 2530. The molecule has 0 atom stereocenters. The maximum absolute atomic E-state index is 7.42. The predicted molar refractivity (Wildman–Crippen MR) is 169 cm³/mol. The SMILES string of the molecule is [C-]#[N+]c1ccc(-c2nc3ccccc3nc2-n2c3cccc4c5ccccc5c5c6ccccc6cc2c5c43)cc1. The number of hydrogen-bond acceptors (Lipinski definition) is 2. The van der Waals surface area contributed by atoms with Crippen LogP contribution in [0.4, 0.5) is 5.69 Å². The van der Waals surface area contributed by atoms with E-state index in [1.54, 1.807) is 0 Å². The van der Waals surface area contributed by atoms with Crippen molar-refractivity contribution in [3.63, 3.8) is 0 Å². The molecule has 0 aliphatic carbocycles. The second-order valence-corrected chi connectivity index (χ2v) is 10.5. The Hall–Kier alpha value is -5.79. The first-order chi connectivity index (χ1) is 20.3. The van der Waals surface area contributed by atoms with Gasteiger partial charge in [-0.15, -0.1) is 0 Å². The highest BCUT2D eigenvalue weighted by atomic mass is 15.1. The van der Waals surface area contributed by atoms with E-state index in [2.05, 4.69) is 82.2 Å². The number of rotatable bonds is 2. The molecular weight excluding hydrogens is 500 g/mol. The Labute approximate surface area is 234 Å². The van der Waals surface area contributed by atoms with Crippen LogP contribution in [-0.4, -0.2) is 14.5 Å². The Balaban J connectivity index is 1.53. The average molecular weight is 521 g/mol. The third kappa shape index (κ3) is 2.98. The highest BCUT2D eigenvalue weighted by Crippen LogP contribution is 2.47. The smallest absolute Gasteiger partial charge is 0.187 e. The summed E-state index contributed by atoms with van der Waals surface area (Å²) in [5.74, 6) is 0.781. The van der Waals surface area contributed by atoms with E-state index in [1.165, 1.54) is 43.1 Å². The van der Waals surface area contributed by atoms with E-state index in [1.807, 2.05) is 48.5 Å². The maximum atomic E-state index is 7.42. The van der Waals surface area contributed by atoms with Gasteiger partial charge in [0.15, 0.2) is 11.5 Å². The molecule has 0 radical (unpaired) electrons. The van der Waals surface area contributed by atoms with Gasteiger partial charge in [0.05, 0.1) is 28.6 Å². The van der Waals surface area contributed by atoms with Gasteiger partial charge in [-0.2, -0.15) is 0 Å². The van der Waals surface area contributed by atoms with Gasteiger partial charge in [-0.1, -0.05) is 97.1 Å². The van der Waals surface area contributed by atoms with Crippen LogP contribution in [0.2, 0.25) is 0 Å². The molecular formula is C37H20N4. The molecule has 0 bridgehead atoms. The van der Waals surface area contributed by atoms with Crippen LogP contribution < -0.4 is 0 Å². The molecule has 9 aromatic rings. The molecule has 4 nitrogen and oxygen atoms in total. The van der Waals surface area contributed by atoms with Gasteiger partial charge in [-0.3, -0.25) is 4.57 Å². The van der Waals surface area contributed by atoms with E-state index in [4.69, 9.17) is 16.5 Å². The van der Waals surface area contributed by atoms with Gasteiger partial charge in [0.2, 0.25) is 0 Å². The summed E-state index contributed by atoms with van der Waals surface area (Å²) in [5, 5.41) is 9.94. The molecule has 0 amide bonds. The lowest BCUT2D eigenvalue weighted by Gasteiger charge is -2.14. The largest absolute Gasteiger partial charge is 0.292 e. The maximum Gasteiger partial charge on any atom is 0.187 e. The number of aromatic nitrogens is 3. The van der Waals surface area contributed by atoms with Crippen molar-refractivity contribution in [1.29, 1.82) is 0 Å². The van der Waals surface area contributed by atoms with E-state index in [-0.39, 0.29) is 0 Å². The van der Waals surface area contributed by atoms with E-state index in [0.717, 1.165) is 39.1 Å².